The van der Waals surface area contributed by atoms with Gasteiger partial charge in [0.05, 0.1) is 12.6 Å². The topological polar surface area (TPSA) is 45.2 Å². The monoisotopic (exact) mass is 262 g/mol. The zero-order valence-electron chi connectivity index (χ0n) is 11.7. The molecular weight excluding hydrogens is 248 g/mol. The summed E-state index contributed by atoms with van der Waals surface area (Å²) >= 11 is 0. The van der Waals surface area contributed by atoms with E-state index in [1.165, 1.54) is 0 Å². The van der Waals surface area contributed by atoms with Crippen molar-refractivity contribution in [3.8, 4) is 6.07 Å². The van der Waals surface area contributed by atoms with Crippen LogP contribution in [0.5, 0.6) is 0 Å². The quantitative estimate of drug-likeness (QED) is 0.403. The Morgan fingerprint density at radius 3 is 2.40 bits per heavy atom. The molecule has 20 heavy (non-hydrogen) atoms. The molecule has 0 heterocycles. The van der Waals surface area contributed by atoms with Gasteiger partial charge in [-0.25, -0.2) is 10.1 Å². The molecule has 1 aliphatic rings. The van der Waals surface area contributed by atoms with Crippen molar-refractivity contribution in [2.24, 2.45) is 5.41 Å². The van der Waals surface area contributed by atoms with Crippen molar-refractivity contribution in [1.29, 1.82) is 5.26 Å². The van der Waals surface area contributed by atoms with Crippen LogP contribution in [-0.4, -0.2) is 5.78 Å². The highest BCUT2D eigenvalue weighted by atomic mass is 16.1. The Bertz CT molecular complexity index is 715. The minimum absolute atomic E-state index is 0.0289. The van der Waals surface area contributed by atoms with E-state index in [1.54, 1.807) is 18.2 Å². The molecule has 0 aromatic heterocycles. The van der Waals surface area contributed by atoms with Crippen LogP contribution in [0.3, 0.4) is 0 Å². The number of carbonyl (C=O) groups is 1. The summed E-state index contributed by atoms with van der Waals surface area (Å²) < 4.78 is 0. The van der Waals surface area contributed by atoms with Crippen molar-refractivity contribution in [1.82, 2.24) is 0 Å². The average molecular weight is 262 g/mol. The Labute approximate surface area is 118 Å². The van der Waals surface area contributed by atoms with E-state index >= 15 is 0 Å². The molecule has 0 atom stereocenters. The van der Waals surface area contributed by atoms with Gasteiger partial charge in [-0.1, -0.05) is 51.1 Å². The smallest absolute Gasteiger partial charge is 0.270 e. The number of carbonyl (C=O) groups excluding carboxylic acids is 1. The van der Waals surface area contributed by atoms with E-state index in [4.69, 9.17) is 11.8 Å². The average Bonchev–Trinajstić information content (AvgIpc) is 2.65. The van der Waals surface area contributed by atoms with Crippen molar-refractivity contribution in [2.75, 3.05) is 0 Å². The van der Waals surface area contributed by atoms with Crippen LogP contribution in [0.4, 0.5) is 0 Å². The van der Waals surface area contributed by atoms with Crippen LogP contribution in [0.15, 0.2) is 41.6 Å². The third-order valence-electron chi connectivity index (χ3n) is 2.99. The maximum Gasteiger partial charge on any atom is 0.270 e. The molecule has 0 unspecified atom stereocenters. The lowest BCUT2D eigenvalue weighted by Gasteiger charge is -2.14. The van der Waals surface area contributed by atoms with Gasteiger partial charge in [0.1, 0.15) is 0 Å². The molecule has 0 aliphatic heterocycles. The van der Waals surface area contributed by atoms with Crippen LogP contribution in [-0.2, 0) is 0 Å². The van der Waals surface area contributed by atoms with Crippen LogP contribution in [0.1, 0.15) is 36.7 Å². The lowest BCUT2D eigenvalue weighted by molar-refractivity contribution is 0.104. The first kappa shape index (κ1) is 13.8. The first-order valence-corrected chi connectivity index (χ1v) is 6.28. The predicted octanol–water partition coefficient (Wildman–Crippen LogP) is 4.01. The zero-order chi connectivity index (χ0) is 14.9. The largest absolute Gasteiger partial charge is 0.289 e. The number of ketones is 1. The Balaban J connectivity index is 2.83. The molecule has 1 aromatic rings. The van der Waals surface area contributed by atoms with Gasteiger partial charge in [0.15, 0.2) is 5.78 Å². The Morgan fingerprint density at radius 1 is 1.30 bits per heavy atom. The van der Waals surface area contributed by atoms with Crippen LogP contribution < -0.4 is 0 Å². The summed E-state index contributed by atoms with van der Waals surface area (Å²) in [6.07, 6.45) is 1.84. The summed E-state index contributed by atoms with van der Waals surface area (Å²) in [5.74, 6) is -0.109. The van der Waals surface area contributed by atoms with Gasteiger partial charge in [-0.2, -0.15) is 0 Å². The Morgan fingerprint density at radius 2 is 1.90 bits per heavy atom. The molecule has 0 N–H and O–H groups in total. The molecule has 3 heteroatoms. The number of rotatable bonds is 0. The highest BCUT2D eigenvalue weighted by Gasteiger charge is 2.32. The predicted molar refractivity (Wildman–Crippen MR) is 77.4 cm³/mol. The lowest BCUT2D eigenvalue weighted by Crippen LogP contribution is -2.05. The molecule has 0 bridgehead atoms. The Kier molecular flexibility index (Phi) is 3.30. The van der Waals surface area contributed by atoms with E-state index in [-0.39, 0.29) is 16.9 Å². The lowest BCUT2D eigenvalue weighted by atomic mass is 9.90. The number of Topliss-reactive ketones (excluding diaryl/α,β-unsaturated/α-hetero) is 1. The fourth-order valence-corrected chi connectivity index (χ4v) is 2.27. The second kappa shape index (κ2) is 4.79. The molecule has 98 valence electrons. The molecule has 0 spiro atoms. The van der Waals surface area contributed by atoms with E-state index in [9.17, 15) is 4.79 Å². The zero-order valence-corrected chi connectivity index (χ0v) is 11.7. The third-order valence-corrected chi connectivity index (χ3v) is 2.99. The van der Waals surface area contributed by atoms with Gasteiger partial charge in [0, 0.05) is 16.7 Å². The number of hydrogen-bond acceptors (Lipinski definition) is 2. The van der Waals surface area contributed by atoms with Crippen LogP contribution >= 0.6 is 0 Å². The number of hydrogen-bond donors (Lipinski definition) is 0. The van der Waals surface area contributed by atoms with Crippen molar-refractivity contribution in [3.63, 3.8) is 0 Å². The highest BCUT2D eigenvalue weighted by molar-refractivity contribution is 6.27. The molecule has 0 saturated heterocycles. The van der Waals surface area contributed by atoms with E-state index in [1.807, 2.05) is 39.0 Å². The second-order valence-corrected chi connectivity index (χ2v) is 5.75. The maximum atomic E-state index is 12.5. The molecule has 1 aromatic carbocycles. The third kappa shape index (κ3) is 2.27. The van der Waals surface area contributed by atoms with Crippen LogP contribution in [0.2, 0.25) is 0 Å². The highest BCUT2D eigenvalue weighted by Crippen LogP contribution is 2.40. The van der Waals surface area contributed by atoms with Gasteiger partial charge in [0.25, 0.3) is 5.70 Å². The normalized spacial score (nSPS) is 18.4. The molecule has 0 fully saturated rings. The fraction of sp³-hybridized carbons (Fsp3) is 0.235. The van der Waals surface area contributed by atoms with Crippen LogP contribution in [0, 0.1) is 23.3 Å². The van der Waals surface area contributed by atoms with Crippen LogP contribution in [0.25, 0.3) is 10.4 Å². The van der Waals surface area contributed by atoms with Gasteiger partial charge in [-0.15, -0.1) is 0 Å². The molecular formula is C17H14N2O. The first-order chi connectivity index (χ1) is 9.39. The fourth-order valence-electron chi connectivity index (χ4n) is 2.27. The van der Waals surface area contributed by atoms with Gasteiger partial charge in [-0.3, -0.25) is 4.79 Å². The van der Waals surface area contributed by atoms with E-state index < -0.39 is 0 Å². The molecule has 0 saturated carbocycles. The standard InChI is InChI=1S/C17H14N2O/c1-17(2,3)9-13-15(14(10-18)19-4)11-7-5-6-8-12(11)16(13)20/h5-9H,1-3H3/b13-9-,15-14-. The van der Waals surface area contributed by atoms with Gasteiger partial charge in [0.2, 0.25) is 0 Å². The summed E-state index contributed by atoms with van der Waals surface area (Å²) in [7, 11) is 0. The molecule has 2 rings (SSSR count). The SMILES string of the molecule is [C-]#[N+]/C(C#N)=C1\C(=C\C(C)(C)C)C(=O)c2ccccc21. The Hall–Kier alpha value is -2.65. The summed E-state index contributed by atoms with van der Waals surface area (Å²) in [6, 6.07) is 9.03. The summed E-state index contributed by atoms with van der Waals surface area (Å²) in [6.45, 7) is 13.1. The molecule has 1 aliphatic carbocycles. The van der Waals surface area contributed by atoms with Crippen molar-refractivity contribution >= 4 is 11.4 Å². The number of nitriles is 1. The summed E-state index contributed by atoms with van der Waals surface area (Å²) in [5.41, 5.74) is 1.94. The molecule has 3 nitrogen and oxygen atoms in total. The number of fused-ring (bicyclic) bond motifs is 1. The van der Waals surface area contributed by atoms with Gasteiger partial charge in [-0.05, 0) is 11.0 Å². The maximum absolute atomic E-state index is 12.5. The molecule has 0 radical (unpaired) electrons. The second-order valence-electron chi connectivity index (χ2n) is 5.75. The first-order valence-electron chi connectivity index (χ1n) is 6.28. The van der Waals surface area contributed by atoms with Crippen molar-refractivity contribution < 1.29 is 4.79 Å². The summed E-state index contributed by atoms with van der Waals surface area (Å²) in [5, 5.41) is 9.15. The number of nitrogens with zero attached hydrogens (tertiary/aromatic N) is 2. The number of allylic oxidation sites excluding steroid dienone is 4. The van der Waals surface area contributed by atoms with E-state index in [2.05, 4.69) is 4.85 Å². The minimum Gasteiger partial charge on any atom is -0.289 e. The van der Waals surface area contributed by atoms with E-state index in [0.29, 0.717) is 22.3 Å². The summed E-state index contributed by atoms with van der Waals surface area (Å²) in [4.78, 5) is 15.8. The van der Waals surface area contributed by atoms with E-state index in [0.717, 1.165) is 0 Å². The minimum atomic E-state index is -0.207. The van der Waals surface area contributed by atoms with Crippen molar-refractivity contribution in [3.05, 3.63) is 64.2 Å². The van der Waals surface area contributed by atoms with Gasteiger partial charge < -0.3 is 0 Å². The van der Waals surface area contributed by atoms with Gasteiger partial charge >= 0.3 is 0 Å². The van der Waals surface area contributed by atoms with Crippen molar-refractivity contribution in [2.45, 2.75) is 20.8 Å². The number of benzene rings is 1. The molecule has 0 amide bonds.